The maximum Gasteiger partial charge on any atom is 0.213 e. The third-order valence-electron chi connectivity index (χ3n) is 4.46. The minimum absolute atomic E-state index is 0. The maximum atomic E-state index is 5.95. The number of halogens is 1. The van der Waals surface area contributed by atoms with E-state index in [-0.39, 0.29) is 30.1 Å². The topological polar surface area (TPSA) is 49.8 Å². The van der Waals surface area contributed by atoms with Crippen LogP contribution in [0.1, 0.15) is 26.7 Å². The lowest BCUT2D eigenvalue weighted by Crippen LogP contribution is -2.41. The Kier molecular flexibility index (Phi) is 6.92. The number of guanidine groups is 1. The van der Waals surface area contributed by atoms with E-state index in [0.717, 1.165) is 50.4 Å². The lowest BCUT2D eigenvalue weighted by Gasteiger charge is -2.21. The van der Waals surface area contributed by atoms with E-state index in [9.17, 15) is 0 Å². The molecule has 3 unspecified atom stereocenters. The Morgan fingerprint density at radius 2 is 2.30 bits per heavy atom. The number of pyridine rings is 1. The van der Waals surface area contributed by atoms with Crippen LogP contribution in [0.25, 0.3) is 0 Å². The van der Waals surface area contributed by atoms with Crippen LogP contribution in [0.2, 0.25) is 0 Å². The highest BCUT2D eigenvalue weighted by atomic mass is 127. The third kappa shape index (κ3) is 5.22. The van der Waals surface area contributed by atoms with Crippen LogP contribution in [0.4, 0.5) is 0 Å². The fourth-order valence-electron chi connectivity index (χ4n) is 2.89. The Morgan fingerprint density at radius 1 is 1.48 bits per heavy atom. The Morgan fingerprint density at radius 3 is 2.96 bits per heavy atom. The second-order valence-electron chi connectivity index (χ2n) is 6.31. The van der Waals surface area contributed by atoms with Gasteiger partial charge in [0.25, 0.3) is 0 Å². The van der Waals surface area contributed by atoms with Crippen LogP contribution in [-0.2, 0) is 0 Å². The second-order valence-corrected chi connectivity index (χ2v) is 6.31. The van der Waals surface area contributed by atoms with Gasteiger partial charge in [0.15, 0.2) is 5.96 Å². The molecule has 2 heterocycles. The molecule has 23 heavy (non-hydrogen) atoms. The van der Waals surface area contributed by atoms with Gasteiger partial charge in [-0.2, -0.15) is 0 Å². The first-order chi connectivity index (χ1) is 10.8. The summed E-state index contributed by atoms with van der Waals surface area (Å²) in [5, 5.41) is 3.41. The maximum absolute atomic E-state index is 5.95. The summed E-state index contributed by atoms with van der Waals surface area (Å²) in [6.07, 6.45) is 4.30. The number of hydrogen-bond donors (Lipinski definition) is 1. The van der Waals surface area contributed by atoms with Crippen molar-refractivity contribution in [3.8, 4) is 5.88 Å². The van der Waals surface area contributed by atoms with Gasteiger partial charge < -0.3 is 15.0 Å². The average Bonchev–Trinajstić information content (AvgIpc) is 3.04. The van der Waals surface area contributed by atoms with E-state index in [1.54, 1.807) is 6.20 Å². The zero-order valence-corrected chi connectivity index (χ0v) is 16.3. The largest absolute Gasteiger partial charge is 0.472 e. The number of nitrogens with zero attached hydrogens (tertiary/aromatic N) is 3. The molecule has 2 fully saturated rings. The first kappa shape index (κ1) is 18.3. The molecule has 1 aliphatic carbocycles. The molecule has 0 radical (unpaired) electrons. The molecule has 5 nitrogen and oxygen atoms in total. The quantitative estimate of drug-likeness (QED) is 0.444. The van der Waals surface area contributed by atoms with Gasteiger partial charge in [0, 0.05) is 38.3 Å². The minimum atomic E-state index is 0. The molecular formula is C17H27IN4O. The molecule has 1 saturated carbocycles. The normalized spacial score (nSPS) is 26.6. The monoisotopic (exact) mass is 430 g/mol. The standard InChI is InChI=1S/C17H26N4O.HI/c1-3-18-17(20-11-14-10-13(14)2)21-9-7-15(12-21)22-16-6-4-5-8-19-16;/h4-6,8,13-15H,3,7,9-12H2,1-2H3,(H,18,20);1H. The van der Waals surface area contributed by atoms with Crippen LogP contribution in [0.3, 0.4) is 0 Å². The van der Waals surface area contributed by atoms with Crippen LogP contribution in [-0.4, -0.2) is 48.1 Å². The van der Waals surface area contributed by atoms with Crippen LogP contribution < -0.4 is 10.1 Å². The summed E-state index contributed by atoms with van der Waals surface area (Å²) in [6, 6.07) is 5.77. The SMILES string of the molecule is CCNC(=NCC1CC1C)N1CCC(Oc2ccccn2)C1.I. The highest BCUT2D eigenvalue weighted by Crippen LogP contribution is 2.37. The molecule has 1 aromatic heterocycles. The lowest BCUT2D eigenvalue weighted by molar-refractivity contribution is 0.205. The van der Waals surface area contributed by atoms with Crippen molar-refractivity contribution in [1.82, 2.24) is 15.2 Å². The number of nitrogens with one attached hydrogen (secondary N) is 1. The van der Waals surface area contributed by atoms with E-state index in [1.165, 1.54) is 6.42 Å². The molecule has 6 heteroatoms. The molecule has 0 aromatic carbocycles. The van der Waals surface area contributed by atoms with E-state index in [2.05, 4.69) is 29.0 Å². The number of hydrogen-bond acceptors (Lipinski definition) is 3. The molecule has 1 saturated heterocycles. The van der Waals surface area contributed by atoms with Crippen LogP contribution in [0.15, 0.2) is 29.4 Å². The molecule has 3 rings (SSSR count). The predicted octanol–water partition coefficient (Wildman–Crippen LogP) is 2.77. The van der Waals surface area contributed by atoms with Crippen molar-refractivity contribution in [3.05, 3.63) is 24.4 Å². The average molecular weight is 430 g/mol. The molecule has 0 spiro atoms. The number of ether oxygens (including phenoxy) is 1. The second kappa shape index (κ2) is 8.70. The van der Waals surface area contributed by atoms with E-state index >= 15 is 0 Å². The smallest absolute Gasteiger partial charge is 0.213 e. The summed E-state index contributed by atoms with van der Waals surface area (Å²) in [4.78, 5) is 11.4. The van der Waals surface area contributed by atoms with Gasteiger partial charge in [-0.15, -0.1) is 24.0 Å². The molecule has 128 valence electrons. The van der Waals surface area contributed by atoms with Gasteiger partial charge in [-0.05, 0) is 31.2 Å². The molecule has 0 amide bonds. The van der Waals surface area contributed by atoms with Gasteiger partial charge in [-0.25, -0.2) is 4.98 Å². The van der Waals surface area contributed by atoms with Gasteiger partial charge in [0.1, 0.15) is 6.10 Å². The van der Waals surface area contributed by atoms with Crippen LogP contribution in [0, 0.1) is 11.8 Å². The van der Waals surface area contributed by atoms with Crippen molar-refractivity contribution in [2.75, 3.05) is 26.2 Å². The van der Waals surface area contributed by atoms with Gasteiger partial charge >= 0.3 is 0 Å². The van der Waals surface area contributed by atoms with Crippen molar-refractivity contribution in [3.63, 3.8) is 0 Å². The first-order valence-electron chi connectivity index (χ1n) is 8.37. The van der Waals surface area contributed by atoms with Gasteiger partial charge in [-0.1, -0.05) is 13.0 Å². The molecule has 1 aliphatic heterocycles. The number of likely N-dealkylation sites (tertiary alicyclic amines) is 1. The Bertz CT molecular complexity index is 511. The number of rotatable bonds is 5. The van der Waals surface area contributed by atoms with Crippen molar-refractivity contribution in [2.24, 2.45) is 16.8 Å². The molecule has 3 atom stereocenters. The van der Waals surface area contributed by atoms with Gasteiger partial charge in [0.2, 0.25) is 5.88 Å². The van der Waals surface area contributed by atoms with Crippen molar-refractivity contribution >= 4 is 29.9 Å². The highest BCUT2D eigenvalue weighted by molar-refractivity contribution is 14.0. The van der Waals surface area contributed by atoms with E-state index < -0.39 is 0 Å². The summed E-state index contributed by atoms with van der Waals surface area (Å²) < 4.78 is 5.95. The van der Waals surface area contributed by atoms with Crippen LogP contribution >= 0.6 is 24.0 Å². The Balaban J connectivity index is 0.00000192. The molecule has 1 N–H and O–H groups in total. The Hall–Kier alpha value is -1.05. The zero-order valence-electron chi connectivity index (χ0n) is 13.9. The predicted molar refractivity (Wildman–Crippen MR) is 104 cm³/mol. The summed E-state index contributed by atoms with van der Waals surface area (Å²) in [7, 11) is 0. The van der Waals surface area contributed by atoms with E-state index in [0.29, 0.717) is 5.88 Å². The van der Waals surface area contributed by atoms with Crippen molar-refractivity contribution < 1.29 is 4.74 Å². The lowest BCUT2D eigenvalue weighted by atomic mass is 10.3. The minimum Gasteiger partial charge on any atom is -0.472 e. The van der Waals surface area contributed by atoms with E-state index in [4.69, 9.17) is 9.73 Å². The fraction of sp³-hybridized carbons (Fsp3) is 0.647. The summed E-state index contributed by atoms with van der Waals surface area (Å²) >= 11 is 0. The summed E-state index contributed by atoms with van der Waals surface area (Å²) in [5.41, 5.74) is 0. The molecule has 0 bridgehead atoms. The van der Waals surface area contributed by atoms with Crippen LogP contribution in [0.5, 0.6) is 5.88 Å². The van der Waals surface area contributed by atoms with E-state index in [1.807, 2.05) is 18.2 Å². The van der Waals surface area contributed by atoms with Crippen molar-refractivity contribution in [1.29, 1.82) is 0 Å². The van der Waals surface area contributed by atoms with Gasteiger partial charge in [0.05, 0.1) is 6.54 Å². The fourth-order valence-corrected chi connectivity index (χ4v) is 2.89. The molecular weight excluding hydrogens is 403 g/mol. The summed E-state index contributed by atoms with van der Waals surface area (Å²) in [5.74, 6) is 3.39. The molecule has 1 aromatic rings. The third-order valence-corrected chi connectivity index (χ3v) is 4.46. The van der Waals surface area contributed by atoms with Crippen molar-refractivity contribution in [2.45, 2.75) is 32.8 Å². The number of aromatic nitrogens is 1. The summed E-state index contributed by atoms with van der Waals surface area (Å²) in [6.45, 7) is 8.15. The number of aliphatic imine (C=N–C) groups is 1. The van der Waals surface area contributed by atoms with Gasteiger partial charge in [-0.3, -0.25) is 4.99 Å². The highest BCUT2D eigenvalue weighted by Gasteiger charge is 2.33. The molecule has 2 aliphatic rings. The first-order valence-corrected chi connectivity index (χ1v) is 8.37. The zero-order chi connectivity index (χ0) is 15.4. The Labute approximate surface area is 155 Å².